The Bertz CT molecular complexity index is 901. The van der Waals surface area contributed by atoms with Crippen molar-refractivity contribution >= 4 is 11.6 Å². The number of nitrogens with one attached hydrogen (secondary N) is 2. The molecule has 2 aromatic rings. The first-order chi connectivity index (χ1) is 13.9. The van der Waals surface area contributed by atoms with Crippen LogP contribution in [0, 0.1) is 0 Å². The largest absolute Gasteiger partial charge is 0.486 e. The van der Waals surface area contributed by atoms with Crippen LogP contribution in [0.2, 0.25) is 0 Å². The Morgan fingerprint density at radius 3 is 2.66 bits per heavy atom. The molecule has 2 N–H and O–H groups in total. The number of hydrogen-bond donors (Lipinski definition) is 2. The van der Waals surface area contributed by atoms with Crippen LogP contribution in [0.3, 0.4) is 0 Å². The standard InChI is InChI=1S/C21H21F3N2O3/c22-21(23,24)15-4-1-2-5-16(15)25-20(27)13-26-9-3-6-17(26)14-7-8-18-19(12-14)29-11-10-28-18/h1-2,4-5,7-8,12,17H,3,6,9-11,13H2,(H,25,27)/p+1/t17-/m0/s1. The summed E-state index contributed by atoms with van der Waals surface area (Å²) in [6.45, 7) is 1.91. The number of carbonyl (C=O) groups excluding carboxylic acids is 1. The molecule has 4 rings (SSSR count). The maximum absolute atomic E-state index is 13.1. The van der Waals surface area contributed by atoms with E-state index in [9.17, 15) is 18.0 Å². The molecule has 29 heavy (non-hydrogen) atoms. The number of para-hydroxylation sites is 1. The molecular weight excluding hydrogens is 385 g/mol. The van der Waals surface area contributed by atoms with Gasteiger partial charge in [0.05, 0.1) is 17.8 Å². The third kappa shape index (κ3) is 4.32. The Balaban J connectivity index is 1.46. The van der Waals surface area contributed by atoms with Crippen molar-refractivity contribution in [1.29, 1.82) is 0 Å². The highest BCUT2D eigenvalue weighted by atomic mass is 19.4. The van der Waals surface area contributed by atoms with Gasteiger partial charge in [-0.1, -0.05) is 12.1 Å². The third-order valence-electron chi connectivity index (χ3n) is 5.35. The highest BCUT2D eigenvalue weighted by Crippen LogP contribution is 2.35. The zero-order valence-corrected chi connectivity index (χ0v) is 15.7. The van der Waals surface area contributed by atoms with Crippen LogP contribution in [0.5, 0.6) is 11.5 Å². The van der Waals surface area contributed by atoms with Crippen LogP contribution >= 0.6 is 0 Å². The van der Waals surface area contributed by atoms with E-state index in [1.165, 1.54) is 18.2 Å². The van der Waals surface area contributed by atoms with Gasteiger partial charge in [0, 0.05) is 18.4 Å². The zero-order valence-electron chi connectivity index (χ0n) is 15.7. The normalized spacial score (nSPS) is 21.1. The number of halogens is 3. The van der Waals surface area contributed by atoms with E-state index in [-0.39, 0.29) is 18.3 Å². The van der Waals surface area contributed by atoms with Gasteiger partial charge in [-0.15, -0.1) is 0 Å². The average molecular weight is 407 g/mol. The van der Waals surface area contributed by atoms with Crippen molar-refractivity contribution in [2.45, 2.75) is 25.1 Å². The van der Waals surface area contributed by atoms with E-state index in [4.69, 9.17) is 9.47 Å². The minimum atomic E-state index is -4.52. The highest BCUT2D eigenvalue weighted by molar-refractivity contribution is 5.92. The van der Waals surface area contributed by atoms with Crippen LogP contribution in [0.4, 0.5) is 18.9 Å². The summed E-state index contributed by atoms with van der Waals surface area (Å²) >= 11 is 0. The summed E-state index contributed by atoms with van der Waals surface area (Å²) in [6, 6.07) is 10.9. The first-order valence-electron chi connectivity index (χ1n) is 9.62. The minimum absolute atomic E-state index is 0.0921. The molecule has 1 unspecified atom stereocenters. The van der Waals surface area contributed by atoms with Crippen molar-refractivity contribution in [2.75, 3.05) is 31.6 Å². The average Bonchev–Trinajstić information content (AvgIpc) is 3.15. The zero-order chi connectivity index (χ0) is 20.4. The Morgan fingerprint density at radius 1 is 1.10 bits per heavy atom. The first kappa shape index (κ1) is 19.6. The van der Waals surface area contributed by atoms with E-state index in [1.54, 1.807) is 0 Å². The van der Waals surface area contributed by atoms with Crippen LogP contribution in [-0.2, 0) is 11.0 Å². The van der Waals surface area contributed by atoms with E-state index in [2.05, 4.69) is 5.32 Å². The molecule has 2 aliphatic rings. The summed E-state index contributed by atoms with van der Waals surface area (Å²) in [5.74, 6) is 0.978. The van der Waals surface area contributed by atoms with Crippen LogP contribution < -0.4 is 19.7 Å². The summed E-state index contributed by atoms with van der Waals surface area (Å²) in [5, 5.41) is 2.44. The minimum Gasteiger partial charge on any atom is -0.486 e. The predicted molar refractivity (Wildman–Crippen MR) is 100 cm³/mol. The van der Waals surface area contributed by atoms with E-state index < -0.39 is 17.6 Å². The number of quaternary nitrogens is 1. The van der Waals surface area contributed by atoms with Crippen LogP contribution in [0.15, 0.2) is 42.5 Å². The molecule has 0 aliphatic carbocycles. The van der Waals surface area contributed by atoms with E-state index in [0.717, 1.165) is 35.9 Å². The second kappa shape index (κ2) is 7.94. The first-order valence-corrected chi connectivity index (χ1v) is 9.62. The van der Waals surface area contributed by atoms with Crippen LogP contribution in [-0.4, -0.2) is 32.2 Å². The summed E-state index contributed by atoms with van der Waals surface area (Å²) in [5.41, 5.74) is -0.00197. The van der Waals surface area contributed by atoms with Crippen molar-refractivity contribution in [3.8, 4) is 11.5 Å². The number of anilines is 1. The van der Waals surface area contributed by atoms with Gasteiger partial charge in [-0.2, -0.15) is 13.2 Å². The number of benzene rings is 2. The summed E-state index contributed by atoms with van der Waals surface area (Å²) in [6.07, 6.45) is -2.67. The molecule has 5 nitrogen and oxygen atoms in total. The molecule has 0 spiro atoms. The van der Waals surface area contributed by atoms with Crippen LogP contribution in [0.25, 0.3) is 0 Å². The maximum atomic E-state index is 13.1. The Kier molecular flexibility index (Phi) is 5.36. The number of fused-ring (bicyclic) bond motifs is 1. The van der Waals surface area contributed by atoms with Gasteiger partial charge in [0.15, 0.2) is 18.0 Å². The van der Waals surface area contributed by atoms with Crippen molar-refractivity contribution in [1.82, 2.24) is 0 Å². The second-order valence-electron chi connectivity index (χ2n) is 7.27. The number of carbonyl (C=O) groups is 1. The Hall–Kier alpha value is -2.74. The molecular formula is C21H22F3N2O3+. The summed E-state index contributed by atoms with van der Waals surface area (Å²) in [4.78, 5) is 13.5. The molecule has 0 bridgehead atoms. The van der Waals surface area contributed by atoms with Gasteiger partial charge >= 0.3 is 6.18 Å². The molecule has 1 saturated heterocycles. The number of rotatable bonds is 4. The molecule has 0 radical (unpaired) electrons. The molecule has 2 heterocycles. The fourth-order valence-corrected chi connectivity index (χ4v) is 4.04. The fraction of sp³-hybridized carbons (Fsp3) is 0.381. The number of hydrogen-bond acceptors (Lipinski definition) is 3. The molecule has 154 valence electrons. The van der Waals surface area contributed by atoms with E-state index in [1.807, 2.05) is 18.2 Å². The fourth-order valence-electron chi connectivity index (χ4n) is 4.04. The SMILES string of the molecule is O=C(C[NH+]1CCC[C@H]1c1ccc2c(c1)OCCO2)Nc1ccccc1C(F)(F)F. The van der Waals surface area contributed by atoms with Gasteiger partial charge in [0.2, 0.25) is 0 Å². The molecule has 2 atom stereocenters. The van der Waals surface area contributed by atoms with Gasteiger partial charge in [-0.3, -0.25) is 4.79 Å². The lowest BCUT2D eigenvalue weighted by atomic mass is 10.0. The monoisotopic (exact) mass is 407 g/mol. The number of amides is 1. The van der Waals surface area contributed by atoms with Gasteiger partial charge in [-0.05, 0) is 30.3 Å². The Morgan fingerprint density at radius 2 is 1.86 bits per heavy atom. The summed E-state index contributed by atoms with van der Waals surface area (Å²) in [7, 11) is 0. The Labute approximate surface area is 166 Å². The van der Waals surface area contributed by atoms with Gasteiger partial charge in [0.1, 0.15) is 19.3 Å². The van der Waals surface area contributed by atoms with Crippen LogP contribution in [0.1, 0.15) is 30.0 Å². The lowest BCUT2D eigenvalue weighted by Crippen LogP contribution is -3.11. The number of likely N-dealkylation sites (tertiary alicyclic amines) is 1. The van der Waals surface area contributed by atoms with Gasteiger partial charge in [0.25, 0.3) is 5.91 Å². The molecule has 0 aromatic heterocycles. The van der Waals surface area contributed by atoms with E-state index >= 15 is 0 Å². The van der Waals surface area contributed by atoms with Crippen molar-refractivity contribution in [3.63, 3.8) is 0 Å². The second-order valence-corrected chi connectivity index (χ2v) is 7.27. The summed E-state index contributed by atoms with van der Waals surface area (Å²) < 4.78 is 50.6. The molecule has 2 aromatic carbocycles. The molecule has 8 heteroatoms. The smallest absolute Gasteiger partial charge is 0.418 e. The van der Waals surface area contributed by atoms with Crippen molar-refractivity contribution in [3.05, 3.63) is 53.6 Å². The quantitative estimate of drug-likeness (QED) is 0.820. The molecule has 1 fully saturated rings. The van der Waals surface area contributed by atoms with Gasteiger partial charge < -0.3 is 19.7 Å². The third-order valence-corrected chi connectivity index (χ3v) is 5.35. The molecule has 2 aliphatic heterocycles. The highest BCUT2D eigenvalue weighted by Gasteiger charge is 2.35. The number of ether oxygens (including phenoxy) is 2. The van der Waals surface area contributed by atoms with E-state index in [0.29, 0.717) is 24.7 Å². The van der Waals surface area contributed by atoms with Crippen molar-refractivity contribution < 1.29 is 32.3 Å². The molecule has 1 amide bonds. The molecule has 0 saturated carbocycles. The lowest BCUT2D eigenvalue weighted by Gasteiger charge is -2.24. The lowest BCUT2D eigenvalue weighted by molar-refractivity contribution is -0.910. The van der Waals surface area contributed by atoms with Crippen molar-refractivity contribution in [2.24, 2.45) is 0 Å². The van der Waals surface area contributed by atoms with Gasteiger partial charge in [-0.25, -0.2) is 0 Å². The maximum Gasteiger partial charge on any atom is 0.418 e. The topological polar surface area (TPSA) is 52.0 Å². The predicted octanol–water partition coefficient (Wildman–Crippen LogP) is 2.84. The number of alkyl halides is 3.